The van der Waals surface area contributed by atoms with Gasteiger partial charge in [-0.1, -0.05) is 28.1 Å². The molecule has 1 aromatic carbocycles. The fourth-order valence-corrected chi connectivity index (χ4v) is 1.41. The van der Waals surface area contributed by atoms with Crippen LogP contribution in [0, 0.1) is 0 Å². The van der Waals surface area contributed by atoms with Gasteiger partial charge in [-0.25, -0.2) is 4.79 Å². The Kier molecular flexibility index (Phi) is 4.67. The summed E-state index contributed by atoms with van der Waals surface area (Å²) in [7, 11) is 0. The van der Waals surface area contributed by atoms with E-state index in [-0.39, 0.29) is 0 Å². The van der Waals surface area contributed by atoms with E-state index in [4.69, 9.17) is 5.11 Å². The van der Waals surface area contributed by atoms with Gasteiger partial charge >= 0.3 is 5.97 Å². The Labute approximate surface area is 114 Å². The molecule has 0 atom stereocenters. The summed E-state index contributed by atoms with van der Waals surface area (Å²) in [6.45, 7) is 2.86. The monoisotopic (exact) mass is 311 g/mol. The van der Waals surface area contributed by atoms with Crippen LogP contribution in [0.25, 0.3) is 6.08 Å². The first-order valence-electron chi connectivity index (χ1n) is 5.30. The Morgan fingerprint density at radius 1 is 1.28 bits per heavy atom. The average molecular weight is 312 g/mol. The number of carboxylic acids is 1. The van der Waals surface area contributed by atoms with Crippen LogP contribution < -0.4 is 5.32 Å². The molecule has 96 valence electrons. The number of benzene rings is 1. The van der Waals surface area contributed by atoms with Crippen molar-refractivity contribution >= 4 is 33.9 Å². The van der Waals surface area contributed by atoms with Crippen molar-refractivity contribution in [3.63, 3.8) is 0 Å². The van der Waals surface area contributed by atoms with Crippen LogP contribution >= 0.6 is 15.9 Å². The molecule has 0 aromatic heterocycles. The molecule has 1 aromatic rings. The number of halogens is 1. The van der Waals surface area contributed by atoms with Crippen LogP contribution in [-0.4, -0.2) is 22.5 Å². The highest BCUT2D eigenvalue weighted by Gasteiger charge is 2.27. The van der Waals surface area contributed by atoms with Gasteiger partial charge in [-0.3, -0.25) is 4.79 Å². The van der Waals surface area contributed by atoms with Gasteiger partial charge in [-0.15, -0.1) is 0 Å². The summed E-state index contributed by atoms with van der Waals surface area (Å²) in [5.74, 6) is -1.52. The van der Waals surface area contributed by atoms with Crippen LogP contribution in [0.3, 0.4) is 0 Å². The van der Waals surface area contributed by atoms with Gasteiger partial charge in [0.1, 0.15) is 5.54 Å². The second-order valence-electron chi connectivity index (χ2n) is 4.30. The van der Waals surface area contributed by atoms with Crippen molar-refractivity contribution in [2.75, 3.05) is 0 Å². The first-order chi connectivity index (χ1) is 8.31. The van der Waals surface area contributed by atoms with Crippen molar-refractivity contribution < 1.29 is 14.7 Å². The zero-order chi connectivity index (χ0) is 13.8. The second-order valence-corrected chi connectivity index (χ2v) is 5.22. The van der Waals surface area contributed by atoms with Crippen LogP contribution in [-0.2, 0) is 9.59 Å². The zero-order valence-corrected chi connectivity index (χ0v) is 11.7. The molecule has 0 heterocycles. The van der Waals surface area contributed by atoms with Gasteiger partial charge in [0.2, 0.25) is 5.91 Å². The molecule has 0 aliphatic carbocycles. The number of carbonyl (C=O) groups is 2. The summed E-state index contributed by atoms with van der Waals surface area (Å²) < 4.78 is 0.955. The molecule has 0 bridgehead atoms. The summed E-state index contributed by atoms with van der Waals surface area (Å²) >= 11 is 3.31. The van der Waals surface area contributed by atoms with E-state index >= 15 is 0 Å². The number of hydrogen-bond acceptors (Lipinski definition) is 2. The summed E-state index contributed by atoms with van der Waals surface area (Å²) in [5.41, 5.74) is -0.414. The second kappa shape index (κ2) is 5.82. The third-order valence-electron chi connectivity index (χ3n) is 2.27. The molecule has 0 fully saturated rings. The molecule has 0 radical (unpaired) electrons. The number of carbonyl (C=O) groups excluding carboxylic acids is 1. The lowest BCUT2D eigenvalue weighted by Crippen LogP contribution is -2.49. The minimum absolute atomic E-state index is 0.440. The average Bonchev–Trinajstić information content (AvgIpc) is 2.27. The number of carboxylic acid groups (broad SMARTS) is 1. The molecule has 0 saturated carbocycles. The van der Waals surface area contributed by atoms with E-state index in [1.54, 1.807) is 6.08 Å². The smallest absolute Gasteiger partial charge is 0.328 e. The van der Waals surface area contributed by atoms with E-state index in [1.807, 2.05) is 24.3 Å². The summed E-state index contributed by atoms with van der Waals surface area (Å²) in [4.78, 5) is 22.4. The number of nitrogens with one attached hydrogen (secondary N) is 1. The van der Waals surface area contributed by atoms with Crippen LogP contribution in [0.5, 0.6) is 0 Å². The fourth-order valence-electron chi connectivity index (χ4n) is 1.15. The predicted octanol–water partition coefficient (Wildman–Crippen LogP) is 2.44. The van der Waals surface area contributed by atoms with Crippen molar-refractivity contribution in [3.8, 4) is 0 Å². The molecule has 4 nitrogen and oxygen atoms in total. The molecule has 0 aliphatic heterocycles. The molecule has 0 spiro atoms. The van der Waals surface area contributed by atoms with Crippen molar-refractivity contribution in [1.82, 2.24) is 5.32 Å². The van der Waals surface area contributed by atoms with E-state index in [2.05, 4.69) is 21.2 Å². The Balaban J connectivity index is 2.65. The van der Waals surface area contributed by atoms with Crippen LogP contribution in [0.2, 0.25) is 0 Å². The summed E-state index contributed by atoms with van der Waals surface area (Å²) in [6.07, 6.45) is 2.94. The highest BCUT2D eigenvalue weighted by molar-refractivity contribution is 9.10. The Morgan fingerprint density at radius 3 is 2.33 bits per heavy atom. The highest BCUT2D eigenvalue weighted by Crippen LogP contribution is 2.11. The minimum Gasteiger partial charge on any atom is -0.480 e. The number of amides is 1. The summed E-state index contributed by atoms with van der Waals surface area (Å²) in [6, 6.07) is 7.41. The SMILES string of the molecule is CC(C)(NC(=O)/C=C/c1ccc(Br)cc1)C(=O)O. The van der Waals surface area contributed by atoms with Gasteiger partial charge in [0.25, 0.3) is 0 Å². The van der Waals surface area contributed by atoms with Gasteiger partial charge in [0.05, 0.1) is 0 Å². The maximum Gasteiger partial charge on any atom is 0.328 e. The van der Waals surface area contributed by atoms with E-state index in [0.717, 1.165) is 10.0 Å². The van der Waals surface area contributed by atoms with Crippen LogP contribution in [0.4, 0.5) is 0 Å². The van der Waals surface area contributed by atoms with E-state index in [9.17, 15) is 9.59 Å². The van der Waals surface area contributed by atoms with Crippen LogP contribution in [0.15, 0.2) is 34.8 Å². The van der Waals surface area contributed by atoms with Crippen molar-refractivity contribution in [2.45, 2.75) is 19.4 Å². The number of rotatable bonds is 4. The maximum absolute atomic E-state index is 11.5. The van der Waals surface area contributed by atoms with Gasteiger partial charge < -0.3 is 10.4 Å². The Bertz CT molecular complexity index is 478. The zero-order valence-electron chi connectivity index (χ0n) is 10.1. The molecule has 18 heavy (non-hydrogen) atoms. The molecule has 1 amide bonds. The quantitative estimate of drug-likeness (QED) is 0.839. The van der Waals surface area contributed by atoms with E-state index in [1.165, 1.54) is 19.9 Å². The third kappa shape index (κ3) is 4.33. The summed E-state index contributed by atoms with van der Waals surface area (Å²) in [5, 5.41) is 11.3. The molecular weight excluding hydrogens is 298 g/mol. The van der Waals surface area contributed by atoms with Gasteiger partial charge in [0.15, 0.2) is 0 Å². The van der Waals surface area contributed by atoms with E-state index < -0.39 is 17.4 Å². The fraction of sp³-hybridized carbons (Fsp3) is 0.231. The van der Waals surface area contributed by atoms with Crippen molar-refractivity contribution in [1.29, 1.82) is 0 Å². The standard InChI is InChI=1S/C13H14BrNO3/c1-13(2,12(17)18)15-11(16)8-5-9-3-6-10(14)7-4-9/h3-8H,1-2H3,(H,15,16)(H,17,18)/b8-5+. The van der Waals surface area contributed by atoms with Crippen molar-refractivity contribution in [2.24, 2.45) is 0 Å². The first kappa shape index (κ1) is 14.4. The lowest BCUT2D eigenvalue weighted by molar-refractivity contribution is -0.145. The highest BCUT2D eigenvalue weighted by atomic mass is 79.9. The Morgan fingerprint density at radius 2 is 1.83 bits per heavy atom. The molecule has 0 unspecified atom stereocenters. The molecular formula is C13H14BrNO3. The number of aliphatic carboxylic acids is 1. The molecule has 1 rings (SSSR count). The minimum atomic E-state index is -1.28. The van der Waals surface area contributed by atoms with Gasteiger partial charge in [0, 0.05) is 10.5 Å². The van der Waals surface area contributed by atoms with Crippen LogP contribution in [0.1, 0.15) is 19.4 Å². The molecule has 0 aliphatic rings. The topological polar surface area (TPSA) is 66.4 Å². The maximum atomic E-state index is 11.5. The van der Waals surface area contributed by atoms with Gasteiger partial charge in [-0.2, -0.15) is 0 Å². The third-order valence-corrected chi connectivity index (χ3v) is 2.80. The molecule has 0 saturated heterocycles. The number of hydrogen-bond donors (Lipinski definition) is 2. The van der Waals surface area contributed by atoms with Crippen molar-refractivity contribution in [3.05, 3.63) is 40.4 Å². The predicted molar refractivity (Wildman–Crippen MR) is 73.0 cm³/mol. The van der Waals surface area contributed by atoms with E-state index in [0.29, 0.717) is 0 Å². The Hall–Kier alpha value is -1.62. The lowest BCUT2D eigenvalue weighted by Gasteiger charge is -2.19. The largest absolute Gasteiger partial charge is 0.480 e. The normalized spacial score (nSPS) is 11.5. The molecule has 2 N–H and O–H groups in total. The lowest BCUT2D eigenvalue weighted by atomic mass is 10.1. The first-order valence-corrected chi connectivity index (χ1v) is 6.10. The molecule has 5 heteroatoms. The van der Waals surface area contributed by atoms with Gasteiger partial charge in [-0.05, 0) is 37.6 Å².